The van der Waals surface area contributed by atoms with E-state index < -0.39 is 11.7 Å². The van der Waals surface area contributed by atoms with E-state index in [-0.39, 0.29) is 18.1 Å². The quantitative estimate of drug-likeness (QED) is 0.661. The van der Waals surface area contributed by atoms with Crippen molar-refractivity contribution in [1.82, 2.24) is 4.90 Å². The van der Waals surface area contributed by atoms with E-state index in [1.165, 1.54) is 0 Å². The number of fused-ring (bicyclic) bond motifs is 1. The molecule has 0 unspecified atom stereocenters. The van der Waals surface area contributed by atoms with Gasteiger partial charge in [0.05, 0.1) is 31.9 Å². The van der Waals surface area contributed by atoms with Crippen LogP contribution in [0.4, 0.5) is 4.79 Å². The Bertz CT molecular complexity index is 286. The minimum absolute atomic E-state index is 0.0233. The normalized spacial score (nSPS) is 34.0. The summed E-state index contributed by atoms with van der Waals surface area (Å²) in [4.78, 5) is 13.5. The molecule has 5 heteroatoms. The molecule has 2 aliphatic rings. The summed E-state index contributed by atoms with van der Waals surface area (Å²) in [5.74, 6) is 0.0486. The highest BCUT2D eigenvalue weighted by atomic mass is 16.6. The van der Waals surface area contributed by atoms with Crippen molar-refractivity contribution < 1.29 is 19.4 Å². The molecule has 92 valence electrons. The average Bonchev–Trinajstić information content (AvgIpc) is 2.66. The van der Waals surface area contributed by atoms with Gasteiger partial charge >= 0.3 is 6.09 Å². The Kier molecular flexibility index (Phi) is 2.84. The molecule has 2 heterocycles. The zero-order valence-electron chi connectivity index (χ0n) is 9.97. The average molecular weight is 229 g/mol. The number of carbonyl (C=O) groups excluding carboxylic acids is 1. The number of amides is 1. The fourth-order valence-corrected chi connectivity index (χ4v) is 2.25. The molecular weight excluding hydrogens is 210 g/mol. The smallest absolute Gasteiger partial charge is 0.410 e. The zero-order chi connectivity index (χ0) is 11.9. The molecule has 0 saturated carbocycles. The second-order valence-corrected chi connectivity index (χ2v) is 5.47. The fourth-order valence-electron chi connectivity index (χ4n) is 2.25. The fraction of sp³-hybridized carbons (Fsp3) is 0.909. The SMILES string of the molecule is CC(C)(C)OC(=O)N1C[C@@H](O)[C@@H]2COC[C@@H]21. The summed E-state index contributed by atoms with van der Waals surface area (Å²) in [6.07, 6.45) is -0.843. The van der Waals surface area contributed by atoms with Crippen molar-refractivity contribution >= 4 is 6.09 Å². The van der Waals surface area contributed by atoms with Crippen LogP contribution in [0.2, 0.25) is 0 Å². The van der Waals surface area contributed by atoms with Crippen LogP contribution in [0, 0.1) is 5.92 Å². The number of β-amino-alcohol motifs (C(OH)–C–C–N with tert-alkyl or cyclic N) is 1. The van der Waals surface area contributed by atoms with Crippen LogP contribution in [0.5, 0.6) is 0 Å². The standard InChI is InChI=1S/C11H19NO4/c1-11(2,3)16-10(14)12-4-9(13)7-5-15-6-8(7)12/h7-9,13H,4-6H2,1-3H3/t7-,8+,9-/m1/s1. The molecule has 0 aromatic carbocycles. The molecule has 0 spiro atoms. The van der Waals surface area contributed by atoms with Crippen LogP contribution >= 0.6 is 0 Å². The Morgan fingerprint density at radius 3 is 2.75 bits per heavy atom. The topological polar surface area (TPSA) is 59.0 Å². The van der Waals surface area contributed by atoms with Crippen LogP contribution in [-0.2, 0) is 9.47 Å². The van der Waals surface area contributed by atoms with Crippen LogP contribution in [-0.4, -0.2) is 53.6 Å². The van der Waals surface area contributed by atoms with E-state index in [9.17, 15) is 9.90 Å². The summed E-state index contributed by atoms with van der Waals surface area (Å²) >= 11 is 0. The first kappa shape index (κ1) is 11.7. The van der Waals surface area contributed by atoms with E-state index in [1.807, 2.05) is 20.8 Å². The van der Waals surface area contributed by atoms with Crippen LogP contribution in [0.15, 0.2) is 0 Å². The van der Waals surface area contributed by atoms with Gasteiger partial charge in [0.1, 0.15) is 5.60 Å². The Hall–Kier alpha value is -0.810. The number of hydrogen-bond donors (Lipinski definition) is 1. The highest BCUT2D eigenvalue weighted by molar-refractivity contribution is 5.69. The number of hydrogen-bond acceptors (Lipinski definition) is 4. The predicted molar refractivity (Wildman–Crippen MR) is 57.0 cm³/mol. The van der Waals surface area contributed by atoms with E-state index >= 15 is 0 Å². The van der Waals surface area contributed by atoms with Crippen molar-refractivity contribution in [2.45, 2.75) is 38.5 Å². The summed E-state index contributed by atoms with van der Waals surface area (Å²) in [5, 5.41) is 9.79. The number of nitrogens with zero attached hydrogens (tertiary/aromatic N) is 1. The molecule has 0 aromatic heterocycles. The van der Waals surface area contributed by atoms with Gasteiger partial charge in [-0.25, -0.2) is 4.79 Å². The van der Waals surface area contributed by atoms with E-state index in [1.54, 1.807) is 4.90 Å². The van der Waals surface area contributed by atoms with Crippen molar-refractivity contribution in [2.75, 3.05) is 19.8 Å². The number of aliphatic hydroxyl groups is 1. The van der Waals surface area contributed by atoms with E-state index in [0.717, 1.165) is 0 Å². The minimum Gasteiger partial charge on any atom is -0.444 e. The Labute approximate surface area is 95.3 Å². The maximum Gasteiger partial charge on any atom is 0.410 e. The van der Waals surface area contributed by atoms with Gasteiger partial charge in [-0.05, 0) is 20.8 Å². The molecule has 2 fully saturated rings. The van der Waals surface area contributed by atoms with Crippen LogP contribution < -0.4 is 0 Å². The second-order valence-electron chi connectivity index (χ2n) is 5.47. The molecule has 3 atom stereocenters. The third kappa shape index (κ3) is 2.15. The molecular formula is C11H19NO4. The number of likely N-dealkylation sites (tertiary alicyclic amines) is 1. The van der Waals surface area contributed by atoms with Crippen LogP contribution in [0.3, 0.4) is 0 Å². The van der Waals surface area contributed by atoms with Gasteiger partial charge < -0.3 is 14.6 Å². The highest BCUT2D eigenvalue weighted by Crippen LogP contribution is 2.31. The number of carbonyl (C=O) groups is 1. The third-order valence-corrected chi connectivity index (χ3v) is 3.00. The van der Waals surface area contributed by atoms with Gasteiger partial charge in [-0.15, -0.1) is 0 Å². The first-order chi connectivity index (χ1) is 7.38. The summed E-state index contributed by atoms with van der Waals surface area (Å²) < 4.78 is 10.6. The largest absolute Gasteiger partial charge is 0.444 e. The molecule has 0 bridgehead atoms. The van der Waals surface area contributed by atoms with Crippen molar-refractivity contribution in [1.29, 1.82) is 0 Å². The number of ether oxygens (including phenoxy) is 2. The Morgan fingerprint density at radius 1 is 1.44 bits per heavy atom. The maximum absolute atomic E-state index is 11.9. The molecule has 0 aliphatic carbocycles. The molecule has 16 heavy (non-hydrogen) atoms. The molecule has 2 aliphatic heterocycles. The van der Waals surface area contributed by atoms with Crippen molar-refractivity contribution in [3.63, 3.8) is 0 Å². The van der Waals surface area contributed by atoms with Crippen LogP contribution in [0.25, 0.3) is 0 Å². The molecule has 0 radical (unpaired) electrons. The van der Waals surface area contributed by atoms with Gasteiger partial charge in [0.2, 0.25) is 0 Å². The third-order valence-electron chi connectivity index (χ3n) is 3.00. The van der Waals surface area contributed by atoms with Gasteiger partial charge in [0.15, 0.2) is 0 Å². The van der Waals surface area contributed by atoms with E-state index in [4.69, 9.17) is 9.47 Å². The zero-order valence-corrected chi connectivity index (χ0v) is 9.97. The molecule has 2 saturated heterocycles. The lowest BCUT2D eigenvalue weighted by atomic mass is 10.0. The van der Waals surface area contributed by atoms with Gasteiger partial charge in [-0.1, -0.05) is 0 Å². The van der Waals surface area contributed by atoms with E-state index in [2.05, 4.69) is 0 Å². The predicted octanol–water partition coefficient (Wildman–Crippen LogP) is 0.613. The van der Waals surface area contributed by atoms with Gasteiger partial charge in [0.25, 0.3) is 0 Å². The van der Waals surface area contributed by atoms with Gasteiger partial charge in [0, 0.05) is 5.92 Å². The molecule has 1 N–H and O–H groups in total. The Balaban J connectivity index is 2.02. The van der Waals surface area contributed by atoms with Crippen molar-refractivity contribution in [3.05, 3.63) is 0 Å². The highest BCUT2D eigenvalue weighted by Gasteiger charge is 2.47. The number of rotatable bonds is 0. The first-order valence-electron chi connectivity index (χ1n) is 5.64. The molecule has 2 rings (SSSR count). The molecule has 0 aromatic rings. The summed E-state index contributed by atoms with van der Waals surface area (Å²) in [7, 11) is 0. The van der Waals surface area contributed by atoms with E-state index in [0.29, 0.717) is 19.8 Å². The lowest BCUT2D eigenvalue weighted by molar-refractivity contribution is 0.0162. The first-order valence-corrected chi connectivity index (χ1v) is 5.64. The van der Waals surface area contributed by atoms with Gasteiger partial charge in [-0.2, -0.15) is 0 Å². The van der Waals surface area contributed by atoms with Gasteiger partial charge in [-0.3, -0.25) is 4.90 Å². The second kappa shape index (κ2) is 3.89. The lowest BCUT2D eigenvalue weighted by Gasteiger charge is -2.27. The maximum atomic E-state index is 11.9. The van der Waals surface area contributed by atoms with Crippen molar-refractivity contribution in [2.24, 2.45) is 5.92 Å². The summed E-state index contributed by atoms with van der Waals surface area (Å²) in [5.41, 5.74) is -0.500. The monoisotopic (exact) mass is 229 g/mol. The summed E-state index contributed by atoms with van der Waals surface area (Å²) in [6.45, 7) is 6.89. The number of aliphatic hydroxyl groups excluding tert-OH is 1. The Morgan fingerprint density at radius 2 is 2.12 bits per heavy atom. The van der Waals surface area contributed by atoms with Crippen molar-refractivity contribution in [3.8, 4) is 0 Å². The molecule has 5 nitrogen and oxygen atoms in total. The molecule has 1 amide bonds. The van der Waals surface area contributed by atoms with Crippen LogP contribution in [0.1, 0.15) is 20.8 Å². The summed E-state index contributed by atoms with van der Waals surface area (Å²) in [6, 6.07) is -0.0233. The lowest BCUT2D eigenvalue weighted by Crippen LogP contribution is -2.41. The minimum atomic E-state index is -0.500.